The van der Waals surface area contributed by atoms with E-state index in [1.807, 2.05) is 0 Å². The van der Waals surface area contributed by atoms with Gasteiger partial charge >= 0.3 is 0 Å². The first-order chi connectivity index (χ1) is 7.37. The van der Waals surface area contributed by atoms with Crippen LogP contribution in [0.5, 0.6) is 0 Å². The van der Waals surface area contributed by atoms with Gasteiger partial charge in [0.05, 0.1) is 0 Å². The van der Waals surface area contributed by atoms with Crippen LogP contribution in [0.1, 0.15) is 86.0 Å². The van der Waals surface area contributed by atoms with Gasteiger partial charge in [0.1, 0.15) is 0 Å². The summed E-state index contributed by atoms with van der Waals surface area (Å²) in [6.45, 7) is 12.1. The zero-order chi connectivity index (χ0) is 12.2. The minimum atomic E-state index is 0.504. The highest BCUT2D eigenvalue weighted by atomic mass is 14.5. The van der Waals surface area contributed by atoms with Gasteiger partial charge in [-0.3, -0.25) is 0 Å². The first kappa shape index (κ1) is 14.1. The van der Waals surface area contributed by atoms with E-state index in [9.17, 15) is 0 Å². The van der Waals surface area contributed by atoms with Crippen molar-refractivity contribution >= 4 is 0 Å². The Morgan fingerprint density at radius 2 is 1.56 bits per heavy atom. The van der Waals surface area contributed by atoms with Crippen LogP contribution in [0.2, 0.25) is 0 Å². The van der Waals surface area contributed by atoms with Crippen molar-refractivity contribution in [1.82, 2.24) is 0 Å². The van der Waals surface area contributed by atoms with Gasteiger partial charge in [-0.15, -0.1) is 0 Å². The number of hydrogen-bond acceptors (Lipinski definition) is 0. The van der Waals surface area contributed by atoms with E-state index in [1.165, 1.54) is 51.4 Å². The molecule has 0 amide bonds. The van der Waals surface area contributed by atoms with Gasteiger partial charge in [-0.25, -0.2) is 0 Å². The molecular formula is C16H32. The molecule has 0 spiro atoms. The van der Waals surface area contributed by atoms with E-state index in [1.54, 1.807) is 0 Å². The van der Waals surface area contributed by atoms with Crippen LogP contribution in [0, 0.1) is 16.7 Å². The molecule has 0 saturated heterocycles. The fourth-order valence-electron chi connectivity index (χ4n) is 3.45. The van der Waals surface area contributed by atoms with Gasteiger partial charge in [0, 0.05) is 0 Å². The van der Waals surface area contributed by atoms with Crippen LogP contribution in [0.15, 0.2) is 0 Å². The van der Waals surface area contributed by atoms with Crippen LogP contribution in [0.4, 0.5) is 0 Å². The van der Waals surface area contributed by atoms with Crippen LogP contribution >= 0.6 is 0 Å². The molecule has 0 aromatic heterocycles. The zero-order valence-corrected chi connectivity index (χ0v) is 12.2. The molecule has 0 heterocycles. The van der Waals surface area contributed by atoms with E-state index in [0.29, 0.717) is 10.8 Å². The lowest BCUT2D eigenvalue weighted by atomic mass is 9.57. The quantitative estimate of drug-likeness (QED) is 0.565. The maximum absolute atomic E-state index is 2.47. The van der Waals surface area contributed by atoms with Crippen molar-refractivity contribution in [3.8, 4) is 0 Å². The third-order valence-electron chi connectivity index (χ3n) is 4.84. The Kier molecular flexibility index (Phi) is 4.88. The van der Waals surface area contributed by atoms with Crippen molar-refractivity contribution in [2.75, 3.05) is 0 Å². The number of hydrogen-bond donors (Lipinski definition) is 0. The van der Waals surface area contributed by atoms with Crippen LogP contribution in [-0.4, -0.2) is 0 Å². The second-order valence-electron chi connectivity index (χ2n) is 7.38. The van der Waals surface area contributed by atoms with Gasteiger partial charge in [0.2, 0.25) is 0 Å². The molecule has 0 aliphatic heterocycles. The van der Waals surface area contributed by atoms with Crippen molar-refractivity contribution in [2.45, 2.75) is 86.0 Å². The highest BCUT2D eigenvalue weighted by molar-refractivity contribution is 4.92. The van der Waals surface area contributed by atoms with E-state index >= 15 is 0 Å². The molecule has 0 N–H and O–H groups in total. The SMILES string of the molecule is CC(C)CCCC1(C(C)(C)C)CCCCC1. The summed E-state index contributed by atoms with van der Waals surface area (Å²) < 4.78 is 0. The fourth-order valence-corrected chi connectivity index (χ4v) is 3.45. The third-order valence-corrected chi connectivity index (χ3v) is 4.84. The van der Waals surface area contributed by atoms with Crippen molar-refractivity contribution < 1.29 is 0 Å². The van der Waals surface area contributed by atoms with Crippen LogP contribution < -0.4 is 0 Å². The lowest BCUT2D eigenvalue weighted by Crippen LogP contribution is -2.37. The Bertz CT molecular complexity index is 189. The van der Waals surface area contributed by atoms with Crippen LogP contribution in [-0.2, 0) is 0 Å². The highest BCUT2D eigenvalue weighted by Gasteiger charge is 2.41. The summed E-state index contributed by atoms with van der Waals surface area (Å²) in [5, 5.41) is 0. The molecule has 1 rings (SSSR count). The van der Waals surface area contributed by atoms with Crippen molar-refractivity contribution in [3.05, 3.63) is 0 Å². The lowest BCUT2D eigenvalue weighted by Gasteiger charge is -2.48. The molecule has 0 atom stereocenters. The Labute approximate surface area is 103 Å². The van der Waals surface area contributed by atoms with Crippen molar-refractivity contribution in [2.24, 2.45) is 16.7 Å². The van der Waals surface area contributed by atoms with Gasteiger partial charge in [-0.2, -0.15) is 0 Å². The Balaban J connectivity index is 2.57. The summed E-state index contributed by atoms with van der Waals surface area (Å²) in [7, 11) is 0. The smallest absolute Gasteiger partial charge is 0.0249 e. The standard InChI is InChI=1S/C16H32/c1-14(2)10-9-13-16(15(3,4)5)11-7-6-8-12-16/h14H,6-13H2,1-5H3. The van der Waals surface area contributed by atoms with Gasteiger partial charge in [-0.1, -0.05) is 66.7 Å². The maximum atomic E-state index is 2.47. The summed E-state index contributed by atoms with van der Waals surface area (Å²) >= 11 is 0. The van der Waals surface area contributed by atoms with E-state index in [0.717, 1.165) is 5.92 Å². The van der Waals surface area contributed by atoms with Gasteiger partial charge in [-0.05, 0) is 36.0 Å². The third kappa shape index (κ3) is 3.50. The average molecular weight is 224 g/mol. The van der Waals surface area contributed by atoms with Crippen LogP contribution in [0.3, 0.4) is 0 Å². The van der Waals surface area contributed by atoms with E-state index in [2.05, 4.69) is 34.6 Å². The molecule has 0 unspecified atom stereocenters. The fraction of sp³-hybridized carbons (Fsp3) is 1.00. The van der Waals surface area contributed by atoms with E-state index < -0.39 is 0 Å². The minimum Gasteiger partial charge on any atom is -0.0628 e. The summed E-state index contributed by atoms with van der Waals surface area (Å²) in [6.07, 6.45) is 11.7. The normalized spacial score (nSPS) is 21.4. The first-order valence-corrected chi connectivity index (χ1v) is 7.37. The first-order valence-electron chi connectivity index (χ1n) is 7.37. The second-order valence-corrected chi connectivity index (χ2v) is 7.38. The summed E-state index contributed by atoms with van der Waals surface area (Å²) in [5.41, 5.74) is 1.16. The molecule has 0 radical (unpaired) electrons. The van der Waals surface area contributed by atoms with Crippen molar-refractivity contribution in [3.63, 3.8) is 0 Å². The Morgan fingerprint density at radius 1 is 1.00 bits per heavy atom. The molecule has 16 heavy (non-hydrogen) atoms. The van der Waals surface area contributed by atoms with Gasteiger partial charge in [0.15, 0.2) is 0 Å². The average Bonchev–Trinajstić information content (AvgIpc) is 2.17. The minimum absolute atomic E-state index is 0.504. The predicted octanol–water partition coefficient (Wildman–Crippen LogP) is 5.81. The predicted molar refractivity (Wildman–Crippen MR) is 73.7 cm³/mol. The second kappa shape index (κ2) is 5.56. The molecule has 0 heteroatoms. The molecule has 96 valence electrons. The van der Waals surface area contributed by atoms with Crippen LogP contribution in [0.25, 0.3) is 0 Å². The lowest BCUT2D eigenvalue weighted by molar-refractivity contribution is 0.0262. The molecule has 0 nitrogen and oxygen atoms in total. The molecular weight excluding hydrogens is 192 g/mol. The number of rotatable bonds is 4. The Morgan fingerprint density at radius 3 is 2.00 bits per heavy atom. The summed E-state index contributed by atoms with van der Waals surface area (Å²) in [6, 6.07) is 0. The highest BCUT2D eigenvalue weighted by Crippen LogP contribution is 2.52. The maximum Gasteiger partial charge on any atom is -0.0249 e. The molecule has 1 fully saturated rings. The molecule has 1 saturated carbocycles. The van der Waals surface area contributed by atoms with Crippen molar-refractivity contribution in [1.29, 1.82) is 0 Å². The van der Waals surface area contributed by atoms with Gasteiger partial charge < -0.3 is 0 Å². The summed E-state index contributed by atoms with van der Waals surface area (Å²) in [5.74, 6) is 0.876. The van der Waals surface area contributed by atoms with E-state index in [-0.39, 0.29) is 0 Å². The molecule has 0 aromatic rings. The largest absolute Gasteiger partial charge is 0.0628 e. The molecule has 1 aliphatic rings. The zero-order valence-electron chi connectivity index (χ0n) is 12.2. The monoisotopic (exact) mass is 224 g/mol. The molecule has 0 aromatic carbocycles. The molecule has 0 bridgehead atoms. The van der Waals surface area contributed by atoms with E-state index in [4.69, 9.17) is 0 Å². The van der Waals surface area contributed by atoms with Gasteiger partial charge in [0.25, 0.3) is 0 Å². The topological polar surface area (TPSA) is 0 Å². The summed E-state index contributed by atoms with van der Waals surface area (Å²) in [4.78, 5) is 0. The Hall–Kier alpha value is 0. The molecule has 1 aliphatic carbocycles.